The predicted molar refractivity (Wildman–Crippen MR) is 169 cm³/mol. The molecule has 0 bridgehead atoms. The molecule has 1 amide bonds. The van der Waals surface area contributed by atoms with Gasteiger partial charge in [0.25, 0.3) is 0 Å². The molecule has 10 heteroatoms. The molecular weight excluding hydrogens is 518 g/mol. The maximum absolute atomic E-state index is 12.8. The lowest BCUT2D eigenvalue weighted by Gasteiger charge is -2.26. The summed E-state index contributed by atoms with van der Waals surface area (Å²) in [6, 6.07) is 11.4. The third kappa shape index (κ3) is 11.3. The Balaban J connectivity index is 1.80. The lowest BCUT2D eigenvalue weighted by atomic mass is 10.0. The molecule has 0 radical (unpaired) electrons. The predicted octanol–water partition coefficient (Wildman–Crippen LogP) is 3.99. The van der Waals surface area contributed by atoms with Crippen molar-refractivity contribution in [2.24, 2.45) is 15.9 Å². The molecule has 2 rings (SSSR count). The van der Waals surface area contributed by atoms with Gasteiger partial charge in [-0.25, -0.2) is 0 Å². The number of anilines is 2. The highest BCUT2D eigenvalue weighted by Crippen LogP contribution is 2.23. The summed E-state index contributed by atoms with van der Waals surface area (Å²) < 4.78 is 5.27. The number of carbonyl (C=O) groups excluding carboxylic acids is 2. The van der Waals surface area contributed by atoms with Crippen molar-refractivity contribution in [2.75, 3.05) is 51.9 Å². The van der Waals surface area contributed by atoms with E-state index in [-0.39, 0.29) is 5.91 Å². The number of likely N-dealkylation sites (N-methyl/N-ethyl adjacent to an activating group) is 1. The Bertz CT molecular complexity index is 1180. The van der Waals surface area contributed by atoms with Crippen LogP contribution in [0, 0.1) is 0 Å². The van der Waals surface area contributed by atoms with Crippen LogP contribution in [-0.4, -0.2) is 80.8 Å². The van der Waals surface area contributed by atoms with Crippen LogP contribution in [0.2, 0.25) is 0 Å². The molecule has 0 aromatic heterocycles. The van der Waals surface area contributed by atoms with Gasteiger partial charge in [-0.15, -0.1) is 0 Å². The number of hydrogen-bond donors (Lipinski definition) is 3. The zero-order valence-corrected chi connectivity index (χ0v) is 25.2. The second-order valence-corrected chi connectivity index (χ2v) is 10.4. The fraction of sp³-hybridized carbons (Fsp3) is 0.484. The van der Waals surface area contributed by atoms with Crippen LogP contribution in [0.3, 0.4) is 0 Å². The number of aliphatic imine (C=N–C) groups is 1. The van der Waals surface area contributed by atoms with Crippen LogP contribution in [0.1, 0.15) is 61.0 Å². The average molecular weight is 566 g/mol. The van der Waals surface area contributed by atoms with Gasteiger partial charge < -0.3 is 26.5 Å². The number of nitrogens with one attached hydrogen (secondary N) is 1. The average Bonchev–Trinajstić information content (AvgIpc) is 2.96. The third-order valence-corrected chi connectivity index (χ3v) is 7.12. The zero-order chi connectivity index (χ0) is 30.2. The van der Waals surface area contributed by atoms with Crippen LogP contribution in [0.5, 0.6) is 5.75 Å². The molecule has 224 valence electrons. The van der Waals surface area contributed by atoms with E-state index < -0.39 is 0 Å². The van der Waals surface area contributed by atoms with Crippen molar-refractivity contribution >= 4 is 35.5 Å². The van der Waals surface area contributed by atoms with Gasteiger partial charge in [0.05, 0.1) is 25.1 Å². The molecule has 0 aliphatic rings. The number of rotatable bonds is 18. The second kappa shape index (κ2) is 17.8. The first-order chi connectivity index (χ1) is 19.7. The summed E-state index contributed by atoms with van der Waals surface area (Å²) in [5.74, 6) is 6.11. The Kier molecular flexibility index (Phi) is 14.5. The van der Waals surface area contributed by atoms with Crippen molar-refractivity contribution in [3.63, 3.8) is 0 Å². The van der Waals surface area contributed by atoms with Gasteiger partial charge in [-0.05, 0) is 64.2 Å². The van der Waals surface area contributed by atoms with E-state index in [1.807, 2.05) is 32.3 Å². The van der Waals surface area contributed by atoms with Crippen molar-refractivity contribution in [3.05, 3.63) is 53.1 Å². The lowest BCUT2D eigenvalue weighted by Crippen LogP contribution is -2.29. The Morgan fingerprint density at radius 2 is 1.98 bits per heavy atom. The molecule has 1 atom stereocenters. The van der Waals surface area contributed by atoms with Crippen LogP contribution in [0.25, 0.3) is 0 Å². The number of hydrazone groups is 1. The minimum Gasteiger partial charge on any atom is -0.495 e. The van der Waals surface area contributed by atoms with Crippen molar-refractivity contribution in [3.8, 4) is 5.75 Å². The van der Waals surface area contributed by atoms with E-state index in [9.17, 15) is 9.59 Å². The SMILES string of the molecule is CCCC(C)N(C)Cc1c(C=O)cccc1NC(=O)CCCN(C)CCN=C/C(Cc1ccc(N)c(OC)c1)=N\N. The lowest BCUT2D eigenvalue weighted by molar-refractivity contribution is -0.116. The van der Waals surface area contributed by atoms with E-state index in [4.69, 9.17) is 16.3 Å². The number of ether oxygens (including phenoxy) is 1. The van der Waals surface area contributed by atoms with Gasteiger partial charge >= 0.3 is 0 Å². The first-order valence-corrected chi connectivity index (χ1v) is 14.2. The number of nitrogens with zero attached hydrogens (tertiary/aromatic N) is 4. The van der Waals surface area contributed by atoms with Crippen LogP contribution in [-0.2, 0) is 17.8 Å². The summed E-state index contributed by atoms with van der Waals surface area (Å²) in [4.78, 5) is 33.3. The topological polar surface area (TPSA) is 139 Å². The smallest absolute Gasteiger partial charge is 0.224 e. The monoisotopic (exact) mass is 565 g/mol. The number of carbonyl (C=O) groups is 2. The Labute approximate surface area is 244 Å². The van der Waals surface area contributed by atoms with E-state index in [2.05, 4.69) is 39.1 Å². The Morgan fingerprint density at radius 1 is 1.20 bits per heavy atom. The quantitative estimate of drug-likeness (QED) is 0.0817. The minimum atomic E-state index is -0.0620. The van der Waals surface area contributed by atoms with Crippen LogP contribution in [0.15, 0.2) is 46.5 Å². The minimum absolute atomic E-state index is 0.0620. The highest BCUT2D eigenvalue weighted by atomic mass is 16.5. The number of aldehydes is 1. The maximum atomic E-state index is 12.8. The highest BCUT2D eigenvalue weighted by molar-refractivity contribution is 6.31. The first kappa shape index (κ1) is 33.4. The molecule has 0 heterocycles. The van der Waals surface area contributed by atoms with Gasteiger partial charge in [0.2, 0.25) is 5.91 Å². The number of nitrogen functional groups attached to an aromatic ring is 1. The van der Waals surface area contributed by atoms with Crippen LogP contribution < -0.4 is 21.6 Å². The van der Waals surface area contributed by atoms with E-state index in [1.165, 1.54) is 0 Å². The molecule has 0 saturated carbocycles. The first-order valence-electron chi connectivity index (χ1n) is 14.2. The van der Waals surface area contributed by atoms with E-state index in [0.29, 0.717) is 66.8 Å². The molecule has 0 saturated heterocycles. The third-order valence-electron chi connectivity index (χ3n) is 7.12. The van der Waals surface area contributed by atoms with Crippen LogP contribution in [0.4, 0.5) is 11.4 Å². The van der Waals surface area contributed by atoms with Crippen LogP contribution >= 0.6 is 0 Å². The summed E-state index contributed by atoms with van der Waals surface area (Å²) in [5.41, 5.74) is 10.2. The Hall–Kier alpha value is -3.76. The van der Waals surface area contributed by atoms with E-state index in [0.717, 1.165) is 43.3 Å². The Morgan fingerprint density at radius 3 is 2.66 bits per heavy atom. The molecule has 41 heavy (non-hydrogen) atoms. The molecule has 0 aliphatic carbocycles. The molecular formula is C31H47N7O3. The number of methoxy groups -OCH3 is 1. The standard InChI is InChI=1S/C31H47N7O3/c1-6-9-23(2)38(4)21-27-25(22-39)10-7-11-29(27)35-31(40)12-8-16-37(3)17-15-34-20-26(36-33)18-24-13-14-28(32)30(19-24)41-5/h7,10-11,13-14,19-20,22-23H,6,8-9,12,15-18,21,32-33H2,1-5H3,(H,35,40)/b34-20?,36-26-. The van der Waals surface area contributed by atoms with Crippen molar-refractivity contribution < 1.29 is 14.3 Å². The summed E-state index contributed by atoms with van der Waals surface area (Å²) >= 11 is 0. The number of amides is 1. The molecule has 2 aromatic rings. The van der Waals surface area contributed by atoms with Crippen molar-refractivity contribution in [2.45, 2.75) is 58.5 Å². The number of nitrogens with two attached hydrogens (primary N) is 2. The van der Waals surface area contributed by atoms with Gasteiger partial charge in [0.15, 0.2) is 0 Å². The molecule has 10 nitrogen and oxygen atoms in total. The molecule has 1 unspecified atom stereocenters. The maximum Gasteiger partial charge on any atom is 0.224 e. The molecule has 0 fully saturated rings. The number of benzene rings is 2. The highest BCUT2D eigenvalue weighted by Gasteiger charge is 2.16. The zero-order valence-electron chi connectivity index (χ0n) is 25.2. The summed E-state index contributed by atoms with van der Waals surface area (Å²) in [6.07, 6.45) is 6.32. The van der Waals surface area contributed by atoms with Gasteiger partial charge in [-0.2, -0.15) is 5.10 Å². The van der Waals surface area contributed by atoms with E-state index in [1.54, 1.807) is 31.5 Å². The molecule has 0 aliphatic heterocycles. The van der Waals surface area contributed by atoms with Gasteiger partial charge in [0, 0.05) is 55.0 Å². The fourth-order valence-electron chi connectivity index (χ4n) is 4.48. The van der Waals surface area contributed by atoms with Gasteiger partial charge in [-0.3, -0.25) is 19.5 Å². The van der Waals surface area contributed by atoms with E-state index >= 15 is 0 Å². The normalized spacial score (nSPS) is 12.7. The van der Waals surface area contributed by atoms with Crippen molar-refractivity contribution in [1.82, 2.24) is 9.80 Å². The molecule has 0 spiro atoms. The fourth-order valence-corrected chi connectivity index (χ4v) is 4.48. The summed E-state index contributed by atoms with van der Waals surface area (Å²) in [6.45, 7) is 7.01. The molecule has 2 aromatic carbocycles. The van der Waals surface area contributed by atoms with Crippen molar-refractivity contribution in [1.29, 1.82) is 0 Å². The summed E-state index contributed by atoms with van der Waals surface area (Å²) in [7, 11) is 5.64. The largest absolute Gasteiger partial charge is 0.495 e. The molecule has 5 N–H and O–H groups in total. The summed E-state index contributed by atoms with van der Waals surface area (Å²) in [5, 5.41) is 6.88. The van der Waals surface area contributed by atoms with Gasteiger partial charge in [-0.1, -0.05) is 31.5 Å². The second-order valence-electron chi connectivity index (χ2n) is 10.4. The number of hydrogen-bond acceptors (Lipinski definition) is 9. The van der Waals surface area contributed by atoms with Gasteiger partial charge in [0.1, 0.15) is 12.0 Å².